The summed E-state index contributed by atoms with van der Waals surface area (Å²) in [5, 5.41) is 0. The molecule has 0 atom stereocenters. The first-order valence-electron chi connectivity index (χ1n) is 6.72. The van der Waals surface area contributed by atoms with E-state index in [-0.39, 0.29) is 11.5 Å². The zero-order chi connectivity index (χ0) is 16.7. The Labute approximate surface area is 130 Å². The van der Waals surface area contributed by atoms with Crippen LogP contribution in [-0.2, 0) is 16.4 Å². The van der Waals surface area contributed by atoms with E-state index in [0.717, 1.165) is 5.56 Å². The molecule has 2 aromatic rings. The number of alkyl halides is 3. The third kappa shape index (κ3) is 3.58. The maximum absolute atomic E-state index is 12.2. The van der Waals surface area contributed by atoms with Crippen LogP contribution in [0.25, 0.3) is 11.1 Å². The fourth-order valence-corrected chi connectivity index (χ4v) is 3.60. The summed E-state index contributed by atoms with van der Waals surface area (Å²) in [5.74, 6) is -0.312. The molecule has 0 saturated heterocycles. The van der Waals surface area contributed by atoms with Gasteiger partial charge in [0.25, 0.3) is 0 Å². The molecule has 0 amide bonds. The number of ether oxygens (including phenoxy) is 1. The summed E-state index contributed by atoms with van der Waals surface area (Å²) in [6.45, 7) is 0. The molecule has 0 radical (unpaired) electrons. The Balaban J connectivity index is 1.97. The van der Waals surface area contributed by atoms with Crippen molar-refractivity contribution in [1.82, 2.24) is 0 Å². The van der Waals surface area contributed by atoms with E-state index in [0.29, 0.717) is 23.2 Å². The topological polar surface area (TPSA) is 55.4 Å². The molecule has 1 aliphatic heterocycles. The number of nitrogens with one attached hydrogen (secondary N) is 1. The van der Waals surface area contributed by atoms with Gasteiger partial charge in [-0.05, 0) is 29.7 Å². The third-order valence-corrected chi connectivity index (χ3v) is 4.70. The molecule has 1 aliphatic rings. The van der Waals surface area contributed by atoms with Gasteiger partial charge in [0, 0.05) is 5.56 Å². The van der Waals surface area contributed by atoms with Gasteiger partial charge in [-0.3, -0.25) is 4.72 Å². The number of halogens is 3. The highest BCUT2D eigenvalue weighted by atomic mass is 32.2. The molecule has 1 heterocycles. The van der Waals surface area contributed by atoms with Gasteiger partial charge in [-0.2, -0.15) is 0 Å². The lowest BCUT2D eigenvalue weighted by Gasteiger charge is -2.21. The highest BCUT2D eigenvalue weighted by Gasteiger charge is 2.31. The van der Waals surface area contributed by atoms with Crippen LogP contribution >= 0.6 is 0 Å². The number of hydrogen-bond acceptors (Lipinski definition) is 3. The molecule has 0 bridgehead atoms. The summed E-state index contributed by atoms with van der Waals surface area (Å²) in [6, 6.07) is 10.6. The Hall–Kier alpha value is -2.22. The molecule has 0 aromatic heterocycles. The van der Waals surface area contributed by atoms with Crippen molar-refractivity contribution < 1.29 is 26.3 Å². The van der Waals surface area contributed by atoms with Crippen LogP contribution in [0.5, 0.6) is 5.75 Å². The number of sulfonamides is 1. The van der Waals surface area contributed by atoms with E-state index in [4.69, 9.17) is 0 Å². The van der Waals surface area contributed by atoms with Crippen LogP contribution < -0.4 is 9.46 Å². The SMILES string of the molecule is O=S1(=O)CCc2cccc(-c3ccc(OC(F)(F)F)cc3)c2N1. The summed E-state index contributed by atoms with van der Waals surface area (Å²) >= 11 is 0. The lowest BCUT2D eigenvalue weighted by molar-refractivity contribution is -0.274. The quantitative estimate of drug-likeness (QED) is 0.907. The molecule has 4 nitrogen and oxygen atoms in total. The number of anilines is 1. The second-order valence-electron chi connectivity index (χ2n) is 5.08. The van der Waals surface area contributed by atoms with E-state index in [1.807, 2.05) is 6.07 Å². The van der Waals surface area contributed by atoms with E-state index in [9.17, 15) is 21.6 Å². The predicted molar refractivity (Wildman–Crippen MR) is 79.7 cm³/mol. The number of para-hydroxylation sites is 1. The van der Waals surface area contributed by atoms with E-state index in [1.165, 1.54) is 24.3 Å². The van der Waals surface area contributed by atoms with E-state index in [1.54, 1.807) is 12.1 Å². The smallest absolute Gasteiger partial charge is 0.406 e. The van der Waals surface area contributed by atoms with Gasteiger partial charge in [0.1, 0.15) is 5.75 Å². The summed E-state index contributed by atoms with van der Waals surface area (Å²) in [7, 11) is -3.38. The van der Waals surface area contributed by atoms with Crippen LogP contribution in [0.1, 0.15) is 5.56 Å². The van der Waals surface area contributed by atoms with E-state index >= 15 is 0 Å². The fraction of sp³-hybridized carbons (Fsp3) is 0.200. The molecule has 122 valence electrons. The van der Waals surface area contributed by atoms with Gasteiger partial charge in [0.15, 0.2) is 0 Å². The first-order chi connectivity index (χ1) is 10.7. The van der Waals surface area contributed by atoms with Gasteiger partial charge in [-0.25, -0.2) is 8.42 Å². The third-order valence-electron chi connectivity index (χ3n) is 3.45. The predicted octanol–water partition coefficient (Wildman–Crippen LogP) is 3.55. The first kappa shape index (κ1) is 15.7. The molecule has 23 heavy (non-hydrogen) atoms. The van der Waals surface area contributed by atoms with Gasteiger partial charge < -0.3 is 4.74 Å². The van der Waals surface area contributed by atoms with Crippen molar-refractivity contribution >= 4 is 15.7 Å². The van der Waals surface area contributed by atoms with Crippen molar-refractivity contribution in [3.8, 4) is 16.9 Å². The van der Waals surface area contributed by atoms with Crippen LogP contribution in [0.15, 0.2) is 42.5 Å². The average Bonchev–Trinajstić information content (AvgIpc) is 2.45. The second-order valence-corrected chi connectivity index (χ2v) is 6.92. The molecular formula is C15H12F3NO3S. The maximum atomic E-state index is 12.2. The van der Waals surface area contributed by atoms with Crippen molar-refractivity contribution in [3.05, 3.63) is 48.0 Å². The molecular weight excluding hydrogens is 331 g/mol. The highest BCUT2D eigenvalue weighted by Crippen LogP contribution is 2.35. The Kier molecular flexibility index (Phi) is 3.71. The first-order valence-corrected chi connectivity index (χ1v) is 8.37. The Morgan fingerprint density at radius 2 is 1.74 bits per heavy atom. The van der Waals surface area contributed by atoms with Crippen LogP contribution in [-0.4, -0.2) is 20.5 Å². The number of aryl methyl sites for hydroxylation is 1. The Morgan fingerprint density at radius 1 is 1.04 bits per heavy atom. The van der Waals surface area contributed by atoms with Crippen molar-refractivity contribution in [2.24, 2.45) is 0 Å². The summed E-state index contributed by atoms with van der Waals surface area (Å²) in [5.41, 5.74) is 2.54. The van der Waals surface area contributed by atoms with Crippen LogP contribution in [0.3, 0.4) is 0 Å². The fourth-order valence-electron chi connectivity index (χ4n) is 2.46. The average molecular weight is 343 g/mol. The van der Waals surface area contributed by atoms with Crippen LogP contribution in [0.2, 0.25) is 0 Å². The minimum atomic E-state index is -4.75. The molecule has 2 aromatic carbocycles. The number of rotatable bonds is 2. The summed E-state index contributed by atoms with van der Waals surface area (Å²) in [4.78, 5) is 0. The summed E-state index contributed by atoms with van der Waals surface area (Å²) in [6.07, 6.45) is -4.35. The lowest BCUT2D eigenvalue weighted by atomic mass is 9.99. The second kappa shape index (κ2) is 5.45. The minimum Gasteiger partial charge on any atom is -0.406 e. The van der Waals surface area contributed by atoms with Gasteiger partial charge in [-0.1, -0.05) is 30.3 Å². The van der Waals surface area contributed by atoms with Crippen molar-refractivity contribution in [1.29, 1.82) is 0 Å². The molecule has 0 fully saturated rings. The highest BCUT2D eigenvalue weighted by molar-refractivity contribution is 7.92. The van der Waals surface area contributed by atoms with Gasteiger partial charge in [-0.15, -0.1) is 13.2 Å². The van der Waals surface area contributed by atoms with Gasteiger partial charge in [0.05, 0.1) is 11.4 Å². The largest absolute Gasteiger partial charge is 0.573 e. The standard InChI is InChI=1S/C15H12F3NO3S/c16-15(17,18)22-12-6-4-10(5-7-12)13-3-1-2-11-8-9-23(20,21)19-14(11)13/h1-7,19H,8-9H2. The van der Waals surface area contributed by atoms with Crippen LogP contribution in [0, 0.1) is 0 Å². The molecule has 0 aliphatic carbocycles. The summed E-state index contributed by atoms with van der Waals surface area (Å²) < 4.78 is 66.4. The Morgan fingerprint density at radius 3 is 2.39 bits per heavy atom. The number of hydrogen-bond donors (Lipinski definition) is 1. The van der Waals surface area contributed by atoms with E-state index < -0.39 is 16.4 Å². The van der Waals surface area contributed by atoms with Crippen molar-refractivity contribution in [2.75, 3.05) is 10.5 Å². The molecule has 8 heteroatoms. The number of fused-ring (bicyclic) bond motifs is 1. The molecule has 0 spiro atoms. The zero-order valence-electron chi connectivity index (χ0n) is 11.7. The van der Waals surface area contributed by atoms with Gasteiger partial charge >= 0.3 is 6.36 Å². The maximum Gasteiger partial charge on any atom is 0.573 e. The van der Waals surface area contributed by atoms with Crippen LogP contribution in [0.4, 0.5) is 18.9 Å². The molecule has 0 saturated carbocycles. The van der Waals surface area contributed by atoms with Gasteiger partial charge in [0.2, 0.25) is 10.0 Å². The monoisotopic (exact) mass is 343 g/mol. The molecule has 0 unspecified atom stereocenters. The zero-order valence-corrected chi connectivity index (χ0v) is 12.5. The lowest BCUT2D eigenvalue weighted by Crippen LogP contribution is -2.24. The normalized spacial score (nSPS) is 16.3. The minimum absolute atomic E-state index is 0.0157. The van der Waals surface area contributed by atoms with E-state index in [2.05, 4.69) is 9.46 Å². The molecule has 3 rings (SSSR count). The Bertz CT molecular complexity index is 830. The van der Waals surface area contributed by atoms with Crippen molar-refractivity contribution in [3.63, 3.8) is 0 Å². The molecule has 1 N–H and O–H groups in total. The number of benzene rings is 2. The van der Waals surface area contributed by atoms with Crippen molar-refractivity contribution in [2.45, 2.75) is 12.8 Å².